The highest BCUT2D eigenvalue weighted by Gasteiger charge is 2.30. The summed E-state index contributed by atoms with van der Waals surface area (Å²) >= 11 is 0. The van der Waals surface area contributed by atoms with E-state index in [0.717, 1.165) is 70.9 Å². The molecular formula is C32H42N5O. The molecule has 0 spiro atoms. The second kappa shape index (κ2) is 11.6. The van der Waals surface area contributed by atoms with Crippen molar-refractivity contribution in [3.05, 3.63) is 90.1 Å². The van der Waals surface area contributed by atoms with Gasteiger partial charge in [-0.3, -0.25) is 9.69 Å². The van der Waals surface area contributed by atoms with Gasteiger partial charge in [-0.2, -0.15) is 0 Å². The minimum atomic E-state index is 0.147. The summed E-state index contributed by atoms with van der Waals surface area (Å²) in [5.41, 5.74) is 7.25. The maximum atomic E-state index is 13.7. The molecule has 1 amide bonds. The van der Waals surface area contributed by atoms with Crippen LogP contribution in [0.2, 0.25) is 0 Å². The normalized spacial score (nSPS) is 18.7. The van der Waals surface area contributed by atoms with Crippen LogP contribution in [0.5, 0.6) is 0 Å². The van der Waals surface area contributed by atoms with E-state index >= 15 is 0 Å². The molecule has 2 aliphatic heterocycles. The van der Waals surface area contributed by atoms with Crippen LogP contribution in [0, 0.1) is 13.8 Å². The first kappa shape index (κ1) is 26.4. The predicted octanol–water partition coefficient (Wildman–Crippen LogP) is 4.77. The number of benzene rings is 2. The van der Waals surface area contributed by atoms with Crippen LogP contribution in [0.3, 0.4) is 0 Å². The average molecular weight is 513 g/mol. The lowest BCUT2D eigenvalue weighted by atomic mass is 10.1. The van der Waals surface area contributed by atoms with Crippen molar-refractivity contribution in [2.75, 3.05) is 55.6 Å². The Labute approximate surface area is 228 Å². The fourth-order valence-corrected chi connectivity index (χ4v) is 6.02. The van der Waals surface area contributed by atoms with Crippen molar-refractivity contribution in [3.63, 3.8) is 0 Å². The fraction of sp³-hybridized carbons (Fsp3) is 0.438. The van der Waals surface area contributed by atoms with Gasteiger partial charge in [0.15, 0.2) is 0 Å². The number of carbonyl (C=O) groups excluding carboxylic acids is 1. The molecule has 201 valence electrons. The van der Waals surface area contributed by atoms with Gasteiger partial charge in [0.25, 0.3) is 5.91 Å². The number of para-hydroxylation sites is 2. The van der Waals surface area contributed by atoms with Gasteiger partial charge in [-0.25, -0.2) is 0 Å². The first-order valence-electron chi connectivity index (χ1n) is 14.1. The smallest absolute Gasteiger partial charge is 0.270 e. The predicted molar refractivity (Wildman–Crippen MR) is 157 cm³/mol. The molecule has 0 saturated carbocycles. The Balaban J connectivity index is 1.21. The highest BCUT2D eigenvalue weighted by atomic mass is 16.2. The molecule has 2 saturated heterocycles. The number of aromatic nitrogens is 1. The fourth-order valence-electron chi connectivity index (χ4n) is 6.02. The topological polar surface area (TPSA) is 35.0 Å². The van der Waals surface area contributed by atoms with Crippen molar-refractivity contribution in [1.82, 2.24) is 14.4 Å². The summed E-state index contributed by atoms with van der Waals surface area (Å²) in [4.78, 5) is 23.2. The summed E-state index contributed by atoms with van der Waals surface area (Å²) in [7, 11) is 2.04. The molecule has 3 heterocycles. The van der Waals surface area contributed by atoms with E-state index in [1.807, 2.05) is 13.1 Å². The molecule has 0 bridgehead atoms. The number of rotatable bonds is 7. The number of aryl methyl sites for hydroxylation is 1. The Morgan fingerprint density at radius 1 is 0.895 bits per heavy atom. The maximum Gasteiger partial charge on any atom is 0.270 e. The Morgan fingerprint density at radius 3 is 2.29 bits per heavy atom. The number of anilines is 2. The zero-order valence-electron chi connectivity index (χ0n) is 23.3. The number of amides is 1. The maximum absolute atomic E-state index is 13.7. The molecular weight excluding hydrogens is 470 g/mol. The molecule has 6 heteroatoms. The summed E-state index contributed by atoms with van der Waals surface area (Å²) in [5, 5.41) is 0. The van der Waals surface area contributed by atoms with Crippen molar-refractivity contribution < 1.29 is 4.79 Å². The lowest BCUT2D eigenvalue weighted by Crippen LogP contribution is -2.54. The molecule has 1 radical (unpaired) electrons. The molecule has 2 fully saturated rings. The van der Waals surface area contributed by atoms with E-state index in [9.17, 15) is 4.79 Å². The quantitative estimate of drug-likeness (QED) is 0.457. The minimum absolute atomic E-state index is 0.147. The monoisotopic (exact) mass is 512 g/mol. The van der Waals surface area contributed by atoms with E-state index in [1.165, 1.54) is 28.2 Å². The summed E-state index contributed by atoms with van der Waals surface area (Å²) in [6.45, 7) is 15.8. The van der Waals surface area contributed by atoms with E-state index in [4.69, 9.17) is 0 Å². The van der Waals surface area contributed by atoms with Gasteiger partial charge in [-0.05, 0) is 62.1 Å². The van der Waals surface area contributed by atoms with Crippen molar-refractivity contribution in [1.29, 1.82) is 0 Å². The summed E-state index contributed by atoms with van der Waals surface area (Å²) in [6, 6.07) is 21.6. The first-order chi connectivity index (χ1) is 18.5. The van der Waals surface area contributed by atoms with Gasteiger partial charge in [0.05, 0.1) is 0 Å². The molecule has 0 N–H and O–H groups in total. The first-order valence-corrected chi connectivity index (χ1v) is 14.1. The molecule has 1 unspecified atom stereocenters. The zero-order chi connectivity index (χ0) is 26.6. The van der Waals surface area contributed by atoms with Crippen LogP contribution in [0.1, 0.15) is 40.7 Å². The van der Waals surface area contributed by atoms with Crippen LogP contribution in [-0.2, 0) is 20.0 Å². The van der Waals surface area contributed by atoms with Crippen molar-refractivity contribution in [2.45, 2.75) is 39.3 Å². The number of carbonyl (C=O) groups is 1. The van der Waals surface area contributed by atoms with Crippen molar-refractivity contribution in [3.8, 4) is 0 Å². The van der Waals surface area contributed by atoms with Gasteiger partial charge in [-0.1, -0.05) is 43.3 Å². The van der Waals surface area contributed by atoms with E-state index in [2.05, 4.69) is 99.5 Å². The Kier molecular flexibility index (Phi) is 8.08. The van der Waals surface area contributed by atoms with Crippen LogP contribution in [0.25, 0.3) is 0 Å². The summed E-state index contributed by atoms with van der Waals surface area (Å²) in [5.74, 6) is 0.147. The molecule has 2 aliphatic rings. The molecule has 0 aliphatic carbocycles. The van der Waals surface area contributed by atoms with Crippen LogP contribution >= 0.6 is 0 Å². The van der Waals surface area contributed by atoms with Crippen molar-refractivity contribution in [2.24, 2.45) is 7.05 Å². The molecule has 1 aromatic heterocycles. The SMILES string of the molecule is [CH2]CCc1ccccc1N1CCN(Cc2cc(C(=O)N3CCN(c4ccccc4)CC3C)n(C)c2C)CC1. The Bertz CT molecular complexity index is 1230. The minimum Gasteiger partial charge on any atom is -0.369 e. The largest absolute Gasteiger partial charge is 0.369 e. The highest BCUT2D eigenvalue weighted by Crippen LogP contribution is 2.26. The molecule has 6 nitrogen and oxygen atoms in total. The number of piperazine rings is 2. The van der Waals surface area contributed by atoms with Gasteiger partial charge >= 0.3 is 0 Å². The second-order valence-corrected chi connectivity index (χ2v) is 10.8. The van der Waals surface area contributed by atoms with Gasteiger partial charge in [0.2, 0.25) is 0 Å². The van der Waals surface area contributed by atoms with Crippen molar-refractivity contribution >= 4 is 17.3 Å². The highest BCUT2D eigenvalue weighted by molar-refractivity contribution is 5.93. The van der Waals surface area contributed by atoms with Crippen LogP contribution in [-0.4, -0.2) is 72.1 Å². The number of hydrogen-bond acceptors (Lipinski definition) is 4. The van der Waals surface area contributed by atoms with Crippen LogP contribution < -0.4 is 9.80 Å². The van der Waals surface area contributed by atoms with Crippen LogP contribution in [0.4, 0.5) is 11.4 Å². The standard InChI is InChI=1S/C32H42N5O/c1-5-11-27-12-9-10-15-30(27)35-18-16-34(17-19-35)24-28-22-31(33(4)26(28)3)32(38)37-21-20-36(23-25(37)2)29-13-7-6-8-14-29/h6-10,12-15,22,25H,1,5,11,16-21,23-24H2,2-4H3. The average Bonchev–Trinajstić information content (AvgIpc) is 3.22. The lowest BCUT2D eigenvalue weighted by Gasteiger charge is -2.41. The molecule has 2 aromatic carbocycles. The van der Waals surface area contributed by atoms with Gasteiger partial charge in [-0.15, -0.1) is 0 Å². The third-order valence-electron chi connectivity index (χ3n) is 8.41. The zero-order valence-corrected chi connectivity index (χ0v) is 23.3. The number of nitrogens with zero attached hydrogens (tertiary/aromatic N) is 5. The molecule has 1 atom stereocenters. The third-order valence-corrected chi connectivity index (χ3v) is 8.41. The molecule has 5 rings (SSSR count). The Morgan fingerprint density at radius 2 is 1.58 bits per heavy atom. The molecule has 3 aromatic rings. The van der Waals surface area contributed by atoms with E-state index in [1.54, 1.807) is 0 Å². The third kappa shape index (κ3) is 5.46. The van der Waals surface area contributed by atoms with Gasteiger partial charge < -0.3 is 19.3 Å². The van der Waals surface area contributed by atoms with Gasteiger partial charge in [0.1, 0.15) is 5.69 Å². The summed E-state index contributed by atoms with van der Waals surface area (Å²) in [6.07, 6.45) is 1.95. The van der Waals surface area contributed by atoms with Gasteiger partial charge in [0, 0.05) is 82.5 Å². The van der Waals surface area contributed by atoms with E-state index < -0.39 is 0 Å². The number of hydrogen-bond donors (Lipinski definition) is 0. The van der Waals surface area contributed by atoms with E-state index in [-0.39, 0.29) is 11.9 Å². The summed E-state index contributed by atoms with van der Waals surface area (Å²) < 4.78 is 2.10. The second-order valence-electron chi connectivity index (χ2n) is 10.8. The van der Waals surface area contributed by atoms with Crippen LogP contribution in [0.15, 0.2) is 60.7 Å². The van der Waals surface area contributed by atoms with E-state index in [0.29, 0.717) is 0 Å². The molecule has 38 heavy (non-hydrogen) atoms. The lowest BCUT2D eigenvalue weighted by molar-refractivity contribution is 0.0664. The Hall–Kier alpha value is -3.25.